The number of esters is 1. The van der Waals surface area contributed by atoms with Gasteiger partial charge in [0, 0.05) is 10.6 Å². The van der Waals surface area contributed by atoms with Crippen molar-refractivity contribution >= 4 is 39.8 Å². The van der Waals surface area contributed by atoms with E-state index in [1.807, 2.05) is 6.92 Å². The summed E-state index contributed by atoms with van der Waals surface area (Å²) in [5.74, 6) is -1.59. The van der Waals surface area contributed by atoms with Gasteiger partial charge >= 0.3 is 5.97 Å². The van der Waals surface area contributed by atoms with Crippen LogP contribution in [0.4, 0.5) is 15.1 Å². The average molecular weight is 407 g/mol. The molecule has 0 saturated heterocycles. The Morgan fingerprint density at radius 2 is 1.64 bits per heavy atom. The summed E-state index contributed by atoms with van der Waals surface area (Å²) in [6.07, 6.45) is 0. The summed E-state index contributed by atoms with van der Waals surface area (Å²) in [6, 6.07) is 5.40. The van der Waals surface area contributed by atoms with Gasteiger partial charge in [0.1, 0.15) is 10.8 Å². The van der Waals surface area contributed by atoms with Crippen LogP contribution < -0.4 is 10.6 Å². The fourth-order valence-corrected chi connectivity index (χ4v) is 3.57. The molecule has 0 radical (unpaired) electrons. The Balaban J connectivity index is 1.92. The number of aryl methyl sites for hydroxylation is 1. The fraction of sp³-hybridized carbons (Fsp3) is 0.316. The number of ether oxygens (including phenoxy) is 1. The molecule has 1 heterocycles. The lowest BCUT2D eigenvalue weighted by Gasteiger charge is -2.16. The lowest BCUT2D eigenvalue weighted by atomic mass is 10.1. The first-order chi connectivity index (χ1) is 13.2. The van der Waals surface area contributed by atoms with Crippen LogP contribution in [0.3, 0.4) is 0 Å². The zero-order chi connectivity index (χ0) is 20.8. The molecule has 0 fully saturated rings. The Kier molecular flexibility index (Phi) is 7.24. The SMILES string of the molecule is COC(=O)c1c(NC(=O)CN(C)CC(=O)Nc2ccc(F)cc2)sc(C)c1C. The van der Waals surface area contributed by atoms with Crippen LogP contribution in [0.5, 0.6) is 0 Å². The first-order valence-corrected chi connectivity index (χ1v) is 9.25. The normalized spacial score (nSPS) is 10.6. The summed E-state index contributed by atoms with van der Waals surface area (Å²) in [7, 11) is 2.91. The van der Waals surface area contributed by atoms with Crippen LogP contribution in [0.2, 0.25) is 0 Å². The van der Waals surface area contributed by atoms with Crippen molar-refractivity contribution < 1.29 is 23.5 Å². The molecule has 0 aliphatic heterocycles. The number of thiophene rings is 1. The van der Waals surface area contributed by atoms with Gasteiger partial charge in [0.05, 0.1) is 25.8 Å². The van der Waals surface area contributed by atoms with Crippen molar-refractivity contribution in [2.24, 2.45) is 0 Å². The summed E-state index contributed by atoms with van der Waals surface area (Å²) < 4.78 is 17.7. The highest BCUT2D eigenvalue weighted by atomic mass is 32.1. The van der Waals surface area contributed by atoms with Gasteiger partial charge in [-0.25, -0.2) is 9.18 Å². The van der Waals surface area contributed by atoms with Gasteiger partial charge in [-0.15, -0.1) is 11.3 Å². The Bertz CT molecular complexity index is 880. The highest BCUT2D eigenvalue weighted by molar-refractivity contribution is 7.16. The summed E-state index contributed by atoms with van der Waals surface area (Å²) in [4.78, 5) is 38.7. The monoisotopic (exact) mass is 407 g/mol. The van der Waals surface area contributed by atoms with Gasteiger partial charge in [-0.05, 0) is 50.7 Å². The van der Waals surface area contributed by atoms with Crippen LogP contribution in [0.1, 0.15) is 20.8 Å². The van der Waals surface area contributed by atoms with Gasteiger partial charge in [0.25, 0.3) is 0 Å². The third kappa shape index (κ3) is 5.61. The number of hydrogen-bond acceptors (Lipinski definition) is 6. The molecule has 28 heavy (non-hydrogen) atoms. The van der Waals surface area contributed by atoms with Gasteiger partial charge in [0.2, 0.25) is 11.8 Å². The molecule has 2 amide bonds. The van der Waals surface area contributed by atoms with Crippen molar-refractivity contribution in [1.82, 2.24) is 4.90 Å². The molecule has 150 valence electrons. The quantitative estimate of drug-likeness (QED) is 0.689. The summed E-state index contributed by atoms with van der Waals surface area (Å²) in [5.41, 5.74) is 1.57. The van der Waals surface area contributed by atoms with Crippen LogP contribution in [0.15, 0.2) is 24.3 Å². The third-order valence-electron chi connectivity index (χ3n) is 3.98. The number of nitrogens with zero attached hydrogens (tertiary/aromatic N) is 1. The maximum absolute atomic E-state index is 12.9. The van der Waals surface area contributed by atoms with Gasteiger partial charge in [-0.3, -0.25) is 14.5 Å². The zero-order valence-electron chi connectivity index (χ0n) is 16.1. The number of halogens is 1. The van der Waals surface area contributed by atoms with Crippen molar-refractivity contribution in [3.63, 3.8) is 0 Å². The van der Waals surface area contributed by atoms with Crippen LogP contribution in [-0.2, 0) is 14.3 Å². The van der Waals surface area contributed by atoms with Gasteiger partial charge in [0.15, 0.2) is 0 Å². The van der Waals surface area contributed by atoms with E-state index >= 15 is 0 Å². The Morgan fingerprint density at radius 3 is 2.21 bits per heavy atom. The molecule has 2 aromatic rings. The highest BCUT2D eigenvalue weighted by Gasteiger charge is 2.22. The minimum atomic E-state index is -0.510. The topological polar surface area (TPSA) is 87.7 Å². The predicted octanol–water partition coefficient (Wildman–Crippen LogP) is 2.80. The Hall–Kier alpha value is -2.78. The predicted molar refractivity (Wildman–Crippen MR) is 106 cm³/mol. The van der Waals surface area contributed by atoms with E-state index in [9.17, 15) is 18.8 Å². The smallest absolute Gasteiger partial charge is 0.341 e. The van der Waals surface area contributed by atoms with E-state index in [4.69, 9.17) is 4.74 Å². The van der Waals surface area contributed by atoms with Gasteiger partial charge in [-0.2, -0.15) is 0 Å². The van der Waals surface area contributed by atoms with Gasteiger partial charge in [-0.1, -0.05) is 0 Å². The van der Waals surface area contributed by atoms with E-state index in [-0.39, 0.29) is 24.9 Å². The molecule has 0 aliphatic carbocycles. The number of hydrogen-bond donors (Lipinski definition) is 2. The zero-order valence-corrected chi connectivity index (χ0v) is 16.9. The number of nitrogens with one attached hydrogen (secondary N) is 2. The number of carbonyl (C=O) groups is 3. The molecule has 2 N–H and O–H groups in total. The van der Waals surface area contributed by atoms with Crippen LogP contribution in [-0.4, -0.2) is 49.9 Å². The molecule has 0 bridgehead atoms. The Morgan fingerprint density at radius 1 is 1.07 bits per heavy atom. The molecule has 0 aliphatic rings. The van der Waals surface area contributed by atoms with Gasteiger partial charge < -0.3 is 15.4 Å². The number of benzene rings is 1. The number of anilines is 2. The molecular formula is C19H22FN3O4S. The first kappa shape index (κ1) is 21.5. The van der Waals surface area contributed by atoms with E-state index in [1.54, 1.807) is 14.0 Å². The number of amides is 2. The molecule has 0 spiro atoms. The first-order valence-electron chi connectivity index (χ1n) is 8.43. The second kappa shape index (κ2) is 9.43. The van der Waals surface area contributed by atoms with Crippen molar-refractivity contribution in [2.75, 3.05) is 37.9 Å². The van der Waals surface area contributed by atoms with Crippen LogP contribution >= 0.6 is 11.3 Å². The average Bonchev–Trinajstić information content (AvgIpc) is 2.89. The summed E-state index contributed by atoms with van der Waals surface area (Å²) >= 11 is 1.30. The largest absolute Gasteiger partial charge is 0.465 e. The second-order valence-corrected chi connectivity index (χ2v) is 7.48. The number of likely N-dealkylation sites (N-methyl/N-ethyl adjacent to an activating group) is 1. The fourth-order valence-electron chi connectivity index (χ4n) is 2.51. The second-order valence-electron chi connectivity index (χ2n) is 6.25. The summed E-state index contributed by atoms with van der Waals surface area (Å²) in [6.45, 7) is 3.57. The van der Waals surface area contributed by atoms with Crippen LogP contribution in [0, 0.1) is 19.7 Å². The molecule has 2 rings (SSSR count). The van der Waals surface area contributed by atoms with E-state index in [0.29, 0.717) is 16.3 Å². The summed E-state index contributed by atoms with van der Waals surface area (Å²) in [5, 5.41) is 5.77. The molecule has 1 aromatic carbocycles. The third-order valence-corrected chi connectivity index (χ3v) is 5.11. The molecule has 0 atom stereocenters. The number of methoxy groups -OCH3 is 1. The standard InChI is InChI=1S/C19H22FN3O4S/c1-11-12(2)28-18(17(11)19(26)27-4)22-16(25)10-23(3)9-15(24)21-14-7-5-13(20)6-8-14/h5-8H,9-10H2,1-4H3,(H,21,24)(H,22,25). The van der Waals surface area contributed by atoms with Crippen LogP contribution in [0.25, 0.3) is 0 Å². The minimum absolute atomic E-state index is 0.0306. The van der Waals surface area contributed by atoms with Crippen molar-refractivity contribution in [1.29, 1.82) is 0 Å². The molecule has 9 heteroatoms. The minimum Gasteiger partial charge on any atom is -0.465 e. The lowest BCUT2D eigenvalue weighted by molar-refractivity contribution is -0.119. The Labute approximate surface area is 166 Å². The van der Waals surface area contributed by atoms with E-state index in [0.717, 1.165) is 10.4 Å². The van der Waals surface area contributed by atoms with Crippen molar-refractivity contribution in [3.05, 3.63) is 46.1 Å². The molecular weight excluding hydrogens is 385 g/mol. The maximum Gasteiger partial charge on any atom is 0.341 e. The molecule has 0 saturated carbocycles. The van der Waals surface area contributed by atoms with Crippen molar-refractivity contribution in [3.8, 4) is 0 Å². The lowest BCUT2D eigenvalue weighted by Crippen LogP contribution is -2.36. The highest BCUT2D eigenvalue weighted by Crippen LogP contribution is 2.32. The molecule has 0 unspecified atom stereocenters. The molecule has 1 aromatic heterocycles. The maximum atomic E-state index is 12.9. The van der Waals surface area contributed by atoms with E-state index < -0.39 is 11.8 Å². The molecule has 7 nitrogen and oxygen atoms in total. The van der Waals surface area contributed by atoms with E-state index in [2.05, 4.69) is 10.6 Å². The number of rotatable bonds is 7. The number of carbonyl (C=O) groups excluding carboxylic acids is 3. The van der Waals surface area contributed by atoms with Crippen molar-refractivity contribution in [2.45, 2.75) is 13.8 Å². The van der Waals surface area contributed by atoms with E-state index in [1.165, 1.54) is 47.6 Å².